The Balaban J connectivity index is 1.46. The molecule has 1 aliphatic carbocycles. The molecule has 0 saturated carbocycles. The maximum absolute atomic E-state index is 12.9. The first kappa shape index (κ1) is 26.9. The highest BCUT2D eigenvalue weighted by Gasteiger charge is 2.27. The summed E-state index contributed by atoms with van der Waals surface area (Å²) in [6.45, 7) is 10.3. The molecule has 1 N–H and O–H groups in total. The van der Waals surface area contributed by atoms with Crippen molar-refractivity contribution in [2.75, 3.05) is 18.2 Å². The molecule has 1 aliphatic rings. The number of thiophene rings is 1. The molecule has 0 saturated heterocycles. The topological polar surface area (TPSA) is 95.3 Å². The number of carbonyl (C=O) groups is 2. The molecule has 0 spiro atoms. The minimum Gasteiger partial charge on any atom is -0.482 e. The third kappa shape index (κ3) is 6.07. The maximum Gasteiger partial charge on any atom is 0.341 e. The van der Waals surface area contributed by atoms with Gasteiger partial charge >= 0.3 is 5.97 Å². The molecule has 2 heterocycles. The summed E-state index contributed by atoms with van der Waals surface area (Å²) < 4.78 is 13.1. The van der Waals surface area contributed by atoms with E-state index in [0.717, 1.165) is 47.4 Å². The Morgan fingerprint density at radius 2 is 2.05 bits per heavy atom. The summed E-state index contributed by atoms with van der Waals surface area (Å²) in [6.07, 6.45) is 5.28. The maximum atomic E-state index is 12.9. The molecule has 8 nitrogen and oxygen atoms in total. The van der Waals surface area contributed by atoms with Gasteiger partial charge in [-0.1, -0.05) is 35.5 Å². The molecule has 2 aromatic heterocycles. The molecule has 10 heteroatoms. The second kappa shape index (κ2) is 12.0. The summed E-state index contributed by atoms with van der Waals surface area (Å²) in [4.78, 5) is 26.5. The lowest BCUT2D eigenvalue weighted by atomic mass is 9.95. The fourth-order valence-electron chi connectivity index (χ4n) is 4.45. The van der Waals surface area contributed by atoms with Crippen LogP contribution in [0.2, 0.25) is 0 Å². The third-order valence-corrected chi connectivity index (χ3v) is 8.38. The van der Waals surface area contributed by atoms with Gasteiger partial charge in [-0.2, -0.15) is 0 Å². The van der Waals surface area contributed by atoms with Crippen molar-refractivity contribution in [1.29, 1.82) is 0 Å². The fraction of sp³-hybridized carbons (Fsp3) is 0.407. The van der Waals surface area contributed by atoms with E-state index in [1.807, 2.05) is 37.5 Å². The average Bonchev–Trinajstić information content (AvgIpc) is 3.45. The Morgan fingerprint density at radius 1 is 1.27 bits per heavy atom. The third-order valence-electron chi connectivity index (χ3n) is 6.20. The molecule has 1 aromatic carbocycles. The van der Waals surface area contributed by atoms with Gasteiger partial charge < -0.3 is 14.8 Å². The molecule has 37 heavy (non-hydrogen) atoms. The van der Waals surface area contributed by atoms with E-state index in [0.29, 0.717) is 28.1 Å². The summed E-state index contributed by atoms with van der Waals surface area (Å²) in [6, 6.07) is 6.05. The van der Waals surface area contributed by atoms with E-state index >= 15 is 0 Å². The van der Waals surface area contributed by atoms with Crippen molar-refractivity contribution >= 4 is 40.0 Å². The number of nitrogens with zero attached hydrogens (tertiary/aromatic N) is 3. The van der Waals surface area contributed by atoms with Gasteiger partial charge in [0, 0.05) is 11.4 Å². The van der Waals surface area contributed by atoms with Crippen LogP contribution in [0.5, 0.6) is 5.75 Å². The van der Waals surface area contributed by atoms with E-state index < -0.39 is 5.97 Å². The van der Waals surface area contributed by atoms with Crippen LogP contribution in [0, 0.1) is 13.8 Å². The number of fused-ring (bicyclic) bond motifs is 1. The van der Waals surface area contributed by atoms with Gasteiger partial charge in [0.2, 0.25) is 5.91 Å². The van der Waals surface area contributed by atoms with Gasteiger partial charge in [0.1, 0.15) is 10.8 Å². The zero-order valence-electron chi connectivity index (χ0n) is 21.6. The molecule has 3 aromatic rings. The Hall–Kier alpha value is -3.11. The lowest BCUT2D eigenvalue weighted by molar-refractivity contribution is -0.113. The van der Waals surface area contributed by atoms with E-state index in [1.165, 1.54) is 35.8 Å². The van der Waals surface area contributed by atoms with Crippen LogP contribution >= 0.6 is 23.1 Å². The average molecular weight is 541 g/mol. The molecule has 196 valence electrons. The molecule has 0 aliphatic heterocycles. The molecular formula is C27H32N4O4S2. The second-order valence-corrected chi connectivity index (χ2v) is 11.1. The van der Waals surface area contributed by atoms with Crippen LogP contribution in [0.4, 0.5) is 5.00 Å². The van der Waals surface area contributed by atoms with Gasteiger partial charge in [-0.25, -0.2) is 4.79 Å². The van der Waals surface area contributed by atoms with Crippen LogP contribution in [0.1, 0.15) is 63.6 Å². The Morgan fingerprint density at radius 3 is 2.78 bits per heavy atom. The van der Waals surface area contributed by atoms with E-state index in [9.17, 15) is 9.59 Å². The normalized spacial score (nSPS) is 13.5. The van der Waals surface area contributed by atoms with Gasteiger partial charge in [0.25, 0.3) is 0 Å². The van der Waals surface area contributed by atoms with E-state index in [2.05, 4.69) is 28.2 Å². The van der Waals surface area contributed by atoms with E-state index in [-0.39, 0.29) is 17.8 Å². The number of ether oxygens (including phenoxy) is 2. The standard InChI is InChI=1S/C27H32N4O4S2/c1-6-13-31-24(18(4)35-20-12-11-16(2)14-17(20)3)29-30-27(31)36-15-22(32)28-25-23(26(33)34-5)19-9-7-8-10-21(19)37-25/h6,11-12,14,18H,1,7-10,13,15H2,2-5H3,(H,28,32). The Kier molecular flexibility index (Phi) is 8.71. The zero-order chi connectivity index (χ0) is 26.5. The van der Waals surface area contributed by atoms with Crippen molar-refractivity contribution in [3.8, 4) is 5.75 Å². The monoisotopic (exact) mass is 540 g/mol. The molecule has 0 bridgehead atoms. The molecule has 1 unspecified atom stereocenters. The lowest BCUT2D eigenvalue weighted by Crippen LogP contribution is -2.17. The SMILES string of the molecule is C=CCn1c(SCC(=O)Nc2sc3c(c2C(=O)OC)CCCC3)nnc1C(C)Oc1ccc(C)cc1C. The van der Waals surface area contributed by atoms with Crippen molar-refractivity contribution in [2.45, 2.75) is 64.3 Å². The van der Waals surface area contributed by atoms with Gasteiger partial charge in [-0.15, -0.1) is 28.1 Å². The number of carbonyl (C=O) groups excluding carboxylic acids is 2. The minimum absolute atomic E-state index is 0.116. The van der Waals surface area contributed by atoms with Gasteiger partial charge in [0.05, 0.1) is 18.4 Å². The Bertz CT molecular complexity index is 1310. The summed E-state index contributed by atoms with van der Waals surface area (Å²) in [5, 5.41) is 12.8. The number of anilines is 1. The number of hydrogen-bond acceptors (Lipinski definition) is 8. The molecule has 4 rings (SSSR count). The summed E-state index contributed by atoms with van der Waals surface area (Å²) in [5.74, 6) is 0.935. The molecule has 1 amide bonds. The van der Waals surface area contributed by atoms with Crippen LogP contribution in [0.3, 0.4) is 0 Å². The van der Waals surface area contributed by atoms with Crippen LogP contribution in [0.15, 0.2) is 36.0 Å². The number of rotatable bonds is 10. The number of thioether (sulfide) groups is 1. The van der Waals surface area contributed by atoms with Gasteiger partial charge in [0.15, 0.2) is 17.1 Å². The van der Waals surface area contributed by atoms with Crippen molar-refractivity contribution in [1.82, 2.24) is 14.8 Å². The van der Waals surface area contributed by atoms with Crippen LogP contribution in [-0.4, -0.2) is 39.5 Å². The second-order valence-electron chi connectivity index (χ2n) is 9.01. The zero-order valence-corrected chi connectivity index (χ0v) is 23.3. The molecule has 1 atom stereocenters. The number of allylic oxidation sites excluding steroid dienone is 1. The number of esters is 1. The highest BCUT2D eigenvalue weighted by Crippen LogP contribution is 2.38. The number of amides is 1. The Labute approximate surface area is 225 Å². The van der Waals surface area contributed by atoms with Crippen LogP contribution in [-0.2, 0) is 28.9 Å². The van der Waals surface area contributed by atoms with Crippen molar-refractivity contribution < 1.29 is 19.1 Å². The summed E-state index contributed by atoms with van der Waals surface area (Å²) in [5.41, 5.74) is 3.73. The van der Waals surface area contributed by atoms with Crippen molar-refractivity contribution in [3.05, 3.63) is 63.8 Å². The number of hydrogen-bond donors (Lipinski definition) is 1. The number of benzene rings is 1. The molecular weight excluding hydrogens is 508 g/mol. The summed E-state index contributed by atoms with van der Waals surface area (Å²) in [7, 11) is 1.37. The van der Waals surface area contributed by atoms with Crippen molar-refractivity contribution in [2.24, 2.45) is 0 Å². The molecule has 0 radical (unpaired) electrons. The van der Waals surface area contributed by atoms with Gasteiger partial charge in [-0.3, -0.25) is 9.36 Å². The number of aryl methyl sites for hydroxylation is 3. The molecule has 0 fully saturated rings. The fourth-order valence-corrected chi connectivity index (χ4v) is 6.50. The quantitative estimate of drug-likeness (QED) is 0.201. The predicted octanol–water partition coefficient (Wildman–Crippen LogP) is 5.68. The van der Waals surface area contributed by atoms with Crippen molar-refractivity contribution in [3.63, 3.8) is 0 Å². The smallest absolute Gasteiger partial charge is 0.341 e. The highest BCUT2D eigenvalue weighted by atomic mass is 32.2. The first-order chi connectivity index (χ1) is 17.8. The highest BCUT2D eigenvalue weighted by molar-refractivity contribution is 7.99. The van der Waals surface area contributed by atoms with Crippen LogP contribution in [0.25, 0.3) is 0 Å². The number of methoxy groups -OCH3 is 1. The number of aromatic nitrogens is 3. The predicted molar refractivity (Wildman–Crippen MR) is 147 cm³/mol. The lowest BCUT2D eigenvalue weighted by Gasteiger charge is -2.17. The summed E-state index contributed by atoms with van der Waals surface area (Å²) >= 11 is 2.75. The minimum atomic E-state index is -0.407. The van der Waals surface area contributed by atoms with E-state index in [1.54, 1.807) is 6.08 Å². The first-order valence-corrected chi connectivity index (χ1v) is 14.1. The van der Waals surface area contributed by atoms with Gasteiger partial charge in [-0.05, 0) is 63.6 Å². The largest absolute Gasteiger partial charge is 0.482 e. The van der Waals surface area contributed by atoms with Crippen LogP contribution < -0.4 is 10.1 Å². The van der Waals surface area contributed by atoms with E-state index in [4.69, 9.17) is 9.47 Å². The first-order valence-electron chi connectivity index (χ1n) is 12.3. The number of nitrogens with one attached hydrogen (secondary N) is 1.